The van der Waals surface area contributed by atoms with Crippen molar-refractivity contribution in [1.82, 2.24) is 9.78 Å². The van der Waals surface area contributed by atoms with Gasteiger partial charge in [-0.15, -0.1) is 12.3 Å². The van der Waals surface area contributed by atoms with Gasteiger partial charge in [0.15, 0.2) is 0 Å². The molecule has 1 N–H and O–H groups in total. The Morgan fingerprint density at radius 1 is 1.42 bits per heavy atom. The van der Waals surface area contributed by atoms with E-state index in [-0.39, 0.29) is 6.61 Å². The van der Waals surface area contributed by atoms with Crippen LogP contribution in [0.1, 0.15) is 12.1 Å². The molecule has 0 spiro atoms. The first-order valence-corrected chi connectivity index (χ1v) is 8.12. The van der Waals surface area contributed by atoms with E-state index in [2.05, 4.69) is 26.0 Å². The van der Waals surface area contributed by atoms with E-state index < -0.39 is 16.9 Å². The van der Waals surface area contributed by atoms with E-state index in [9.17, 15) is 8.76 Å². The van der Waals surface area contributed by atoms with E-state index >= 15 is 0 Å². The Labute approximate surface area is 141 Å². The van der Waals surface area contributed by atoms with Crippen molar-refractivity contribution in [3.63, 3.8) is 0 Å². The normalized spacial score (nSPS) is 15.5. The number of nitrogens with one attached hydrogen (secondary N) is 1. The van der Waals surface area contributed by atoms with Crippen LogP contribution in [0.5, 0.6) is 5.88 Å². The molecule has 1 aliphatic rings. The fourth-order valence-electron chi connectivity index (χ4n) is 2.13. The second-order valence-corrected chi connectivity index (χ2v) is 5.94. The second-order valence-electron chi connectivity index (χ2n) is 5.27. The molecular weight excluding hydrogens is 330 g/mol. The molecule has 9 heteroatoms. The molecule has 1 atom stereocenters. The van der Waals surface area contributed by atoms with Crippen molar-refractivity contribution >= 4 is 17.0 Å². The average Bonchev–Trinajstić information content (AvgIpc) is 3.20. The molecule has 1 aliphatic heterocycles. The lowest BCUT2D eigenvalue weighted by atomic mass is 10.2. The number of anilines is 1. The third kappa shape index (κ3) is 3.61. The molecule has 2 heterocycles. The van der Waals surface area contributed by atoms with Gasteiger partial charge in [0.25, 0.3) is 0 Å². The monoisotopic (exact) mass is 344 g/mol. The van der Waals surface area contributed by atoms with Gasteiger partial charge in [-0.1, -0.05) is 0 Å². The van der Waals surface area contributed by atoms with Gasteiger partial charge < -0.3 is 14.0 Å². The molecule has 0 radical (unpaired) electrons. The molecule has 8 nitrogen and oxygen atoms in total. The summed E-state index contributed by atoms with van der Waals surface area (Å²) in [5, 5.41) is 12.3. The molecule has 0 saturated carbocycles. The highest BCUT2D eigenvalue weighted by Crippen LogP contribution is 2.32. The second kappa shape index (κ2) is 6.43. The van der Waals surface area contributed by atoms with Crippen LogP contribution in [-0.2, 0) is 11.3 Å². The van der Waals surface area contributed by atoms with E-state index in [1.807, 2.05) is 6.92 Å². The van der Waals surface area contributed by atoms with Crippen molar-refractivity contribution in [1.29, 1.82) is 0 Å². The van der Waals surface area contributed by atoms with Gasteiger partial charge in [0.05, 0.1) is 17.8 Å². The van der Waals surface area contributed by atoms with Gasteiger partial charge >= 0.3 is 0 Å². The lowest BCUT2D eigenvalue weighted by molar-refractivity contribution is 0.253. The first-order valence-electron chi connectivity index (χ1n) is 7.05. The Balaban J connectivity index is 1.76. The van der Waals surface area contributed by atoms with Gasteiger partial charge in [0, 0.05) is 23.0 Å². The Hall–Kier alpha value is -2.70. The van der Waals surface area contributed by atoms with Gasteiger partial charge in [-0.05, 0) is 31.2 Å². The number of nitrogens with zero attached hydrogens (tertiary/aromatic N) is 4. The number of hydrogen-bond acceptors (Lipinski definition) is 6. The van der Waals surface area contributed by atoms with Crippen molar-refractivity contribution in [3.05, 3.63) is 36.0 Å². The summed E-state index contributed by atoms with van der Waals surface area (Å²) in [5.41, 5.74) is 1.34. The molecule has 3 rings (SSSR count). The minimum absolute atomic E-state index is 0.247. The van der Waals surface area contributed by atoms with Gasteiger partial charge in [0.1, 0.15) is 6.61 Å². The predicted octanol–water partition coefficient (Wildman–Crippen LogP) is 1.95. The smallest absolute Gasteiger partial charge is 0.235 e. The molecule has 24 heavy (non-hydrogen) atoms. The van der Waals surface area contributed by atoms with E-state index in [4.69, 9.17) is 11.2 Å². The Morgan fingerprint density at radius 2 is 2.12 bits per heavy atom. The van der Waals surface area contributed by atoms with Crippen molar-refractivity contribution < 1.29 is 13.5 Å². The summed E-state index contributed by atoms with van der Waals surface area (Å²) in [6, 6.07) is 8.54. The maximum absolute atomic E-state index is 10.6. The number of terminal acetylenes is 1. The molecule has 1 aromatic carbocycles. The lowest BCUT2D eigenvalue weighted by Crippen LogP contribution is -2.21. The quantitative estimate of drug-likeness (QED) is 0.612. The summed E-state index contributed by atoms with van der Waals surface area (Å²) in [4.78, 5) is 0. The highest BCUT2D eigenvalue weighted by atomic mass is 32.2. The van der Waals surface area contributed by atoms with Crippen LogP contribution in [0.4, 0.5) is 5.69 Å². The van der Waals surface area contributed by atoms with Crippen LogP contribution in [0.3, 0.4) is 0 Å². The summed E-state index contributed by atoms with van der Waals surface area (Å²) in [5.74, 6) is 3.07. The van der Waals surface area contributed by atoms with Gasteiger partial charge in [0.2, 0.25) is 11.5 Å². The number of aromatic nitrogens is 2. The fourth-order valence-corrected chi connectivity index (χ4v) is 2.46. The van der Waals surface area contributed by atoms with Gasteiger partial charge in [-0.2, -0.15) is 15.3 Å². The van der Waals surface area contributed by atoms with Crippen molar-refractivity contribution in [2.45, 2.75) is 19.0 Å². The maximum Gasteiger partial charge on any atom is 0.235 e. The van der Waals surface area contributed by atoms with Crippen molar-refractivity contribution in [2.24, 2.45) is 10.2 Å². The Bertz CT molecular complexity index is 832. The summed E-state index contributed by atoms with van der Waals surface area (Å²) >= 11 is -2.36. The minimum atomic E-state index is -2.36. The van der Waals surface area contributed by atoms with E-state index in [1.54, 1.807) is 35.0 Å². The summed E-state index contributed by atoms with van der Waals surface area (Å²) in [6.07, 6.45) is 5.70. The molecule has 0 amide bonds. The lowest BCUT2D eigenvalue weighted by Gasteiger charge is -2.12. The number of aryl methyl sites for hydroxylation is 1. The first kappa shape index (κ1) is 16.2. The van der Waals surface area contributed by atoms with Crippen molar-refractivity contribution in [2.75, 3.05) is 11.3 Å². The molecule has 124 valence electrons. The van der Waals surface area contributed by atoms with Crippen molar-refractivity contribution in [3.8, 4) is 23.9 Å². The van der Waals surface area contributed by atoms with Crippen LogP contribution in [-0.4, -0.2) is 30.8 Å². The van der Waals surface area contributed by atoms with E-state index in [1.165, 1.54) is 0 Å². The fraction of sp³-hybridized carbons (Fsp3) is 0.267. The summed E-state index contributed by atoms with van der Waals surface area (Å²) in [6.45, 7) is 2.10. The van der Waals surface area contributed by atoms with E-state index in [0.29, 0.717) is 18.0 Å². The standard InChI is InChI=1S/C15H15N5O3S/c1-3-8-15(18-19-15)10-23-14-9-11(2)16-20(14)13-6-4-12(5-7-13)17-24(21)22/h1,4-7,9,17H,8,10H2,2H3,(H,21,22)/p-1. The molecule has 0 bridgehead atoms. The molecule has 1 unspecified atom stereocenters. The topological polar surface area (TPSA) is 104 Å². The zero-order valence-electron chi connectivity index (χ0n) is 12.8. The van der Waals surface area contributed by atoms with Crippen LogP contribution in [0.2, 0.25) is 0 Å². The molecule has 0 saturated heterocycles. The minimum Gasteiger partial charge on any atom is -0.755 e. The van der Waals surface area contributed by atoms with Crippen LogP contribution in [0.25, 0.3) is 5.69 Å². The van der Waals surface area contributed by atoms with E-state index in [0.717, 1.165) is 11.4 Å². The zero-order valence-corrected chi connectivity index (χ0v) is 13.6. The predicted molar refractivity (Wildman–Crippen MR) is 87.4 cm³/mol. The zero-order chi connectivity index (χ0) is 17.2. The Kier molecular flexibility index (Phi) is 4.33. The molecule has 1 aromatic heterocycles. The highest BCUT2D eigenvalue weighted by Gasteiger charge is 2.40. The first-order chi connectivity index (χ1) is 11.5. The Morgan fingerprint density at radius 3 is 2.71 bits per heavy atom. The highest BCUT2D eigenvalue weighted by molar-refractivity contribution is 7.80. The molecule has 0 fully saturated rings. The third-order valence-corrected chi connectivity index (χ3v) is 3.73. The molecular formula is C15H14N5O3S-. The van der Waals surface area contributed by atoms with Crippen LogP contribution in [0.15, 0.2) is 40.6 Å². The SMILES string of the molecule is C#CCC1(COc2cc(C)nn2-c2ccc(NS(=O)[O-])cc2)N=N1. The van der Waals surface area contributed by atoms with Crippen LogP contribution >= 0.6 is 0 Å². The average molecular weight is 344 g/mol. The third-order valence-electron chi connectivity index (χ3n) is 3.33. The van der Waals surface area contributed by atoms with Crippen LogP contribution < -0.4 is 9.46 Å². The summed E-state index contributed by atoms with van der Waals surface area (Å²) in [7, 11) is 0. The maximum atomic E-state index is 10.6. The number of benzene rings is 1. The largest absolute Gasteiger partial charge is 0.755 e. The van der Waals surface area contributed by atoms with Gasteiger partial charge in [-0.3, -0.25) is 4.21 Å². The number of ether oxygens (including phenoxy) is 1. The van der Waals surface area contributed by atoms with Gasteiger partial charge in [-0.25, -0.2) is 4.68 Å². The molecule has 0 aliphatic carbocycles. The summed E-state index contributed by atoms with van der Waals surface area (Å²) < 4.78 is 31.0. The number of hydrogen-bond donors (Lipinski definition) is 1. The molecule has 2 aromatic rings. The van der Waals surface area contributed by atoms with Crippen LogP contribution in [0, 0.1) is 19.3 Å². The number of rotatable bonds is 7.